The normalized spacial score (nSPS) is 18.1. The average Bonchev–Trinajstić information content (AvgIpc) is 2.48. The van der Waals surface area contributed by atoms with Gasteiger partial charge in [0.1, 0.15) is 5.75 Å². The Balaban J connectivity index is 1.75. The van der Waals surface area contributed by atoms with Crippen molar-refractivity contribution in [3.05, 3.63) is 24.3 Å². The van der Waals surface area contributed by atoms with E-state index in [4.69, 9.17) is 10.5 Å². The first kappa shape index (κ1) is 15.1. The van der Waals surface area contributed by atoms with E-state index < -0.39 is 0 Å². The van der Waals surface area contributed by atoms with Crippen LogP contribution in [0.3, 0.4) is 0 Å². The molecule has 1 aliphatic heterocycles. The molecule has 1 aromatic carbocycles. The van der Waals surface area contributed by atoms with Crippen LogP contribution >= 0.6 is 0 Å². The summed E-state index contributed by atoms with van der Waals surface area (Å²) in [6.07, 6.45) is 2.33. The predicted octanol–water partition coefficient (Wildman–Crippen LogP) is 1.94. The SMILES string of the molecule is COc1ccc(N2CCN(CCCC(C)N)CC2)cc1. The summed E-state index contributed by atoms with van der Waals surface area (Å²) < 4.78 is 5.20. The lowest BCUT2D eigenvalue weighted by molar-refractivity contribution is 0.251. The third-order valence-electron chi connectivity index (χ3n) is 3.94. The Morgan fingerprint density at radius 2 is 1.80 bits per heavy atom. The Morgan fingerprint density at radius 3 is 2.35 bits per heavy atom. The number of methoxy groups -OCH3 is 1. The fraction of sp³-hybridized carbons (Fsp3) is 0.625. The first-order valence-corrected chi connectivity index (χ1v) is 7.56. The molecule has 1 aliphatic rings. The molecule has 0 aromatic heterocycles. The summed E-state index contributed by atoms with van der Waals surface area (Å²) in [5.41, 5.74) is 7.09. The van der Waals surface area contributed by atoms with Crippen LogP contribution in [0.15, 0.2) is 24.3 Å². The zero-order valence-corrected chi connectivity index (χ0v) is 12.7. The number of hydrogen-bond donors (Lipinski definition) is 1. The maximum atomic E-state index is 5.79. The van der Waals surface area contributed by atoms with E-state index in [9.17, 15) is 0 Å². The van der Waals surface area contributed by atoms with E-state index in [1.54, 1.807) is 7.11 Å². The summed E-state index contributed by atoms with van der Waals surface area (Å²) in [6.45, 7) is 7.75. The standard InChI is InChI=1S/C16H27N3O/c1-14(17)4-3-9-18-10-12-19(13-11-18)15-5-7-16(20-2)8-6-15/h5-8,14H,3-4,9-13,17H2,1-2H3. The minimum atomic E-state index is 0.329. The molecule has 0 aliphatic carbocycles. The molecule has 0 amide bonds. The van der Waals surface area contributed by atoms with E-state index in [1.807, 2.05) is 12.1 Å². The fourth-order valence-corrected chi connectivity index (χ4v) is 2.66. The third kappa shape index (κ3) is 4.39. The first-order chi connectivity index (χ1) is 9.69. The van der Waals surface area contributed by atoms with Gasteiger partial charge in [-0.05, 0) is 50.6 Å². The largest absolute Gasteiger partial charge is 0.497 e. The quantitative estimate of drug-likeness (QED) is 0.863. The highest BCUT2D eigenvalue weighted by Crippen LogP contribution is 2.20. The molecular weight excluding hydrogens is 250 g/mol. The van der Waals surface area contributed by atoms with E-state index >= 15 is 0 Å². The molecule has 1 atom stereocenters. The summed E-state index contributed by atoms with van der Waals surface area (Å²) >= 11 is 0. The van der Waals surface area contributed by atoms with Crippen LogP contribution in [-0.4, -0.2) is 50.8 Å². The minimum Gasteiger partial charge on any atom is -0.497 e. The van der Waals surface area contributed by atoms with Crippen LogP contribution in [0.5, 0.6) is 5.75 Å². The summed E-state index contributed by atoms with van der Waals surface area (Å²) in [5, 5.41) is 0. The van der Waals surface area contributed by atoms with E-state index in [-0.39, 0.29) is 0 Å². The van der Waals surface area contributed by atoms with Crippen molar-refractivity contribution in [3.8, 4) is 5.75 Å². The van der Waals surface area contributed by atoms with Gasteiger partial charge in [-0.2, -0.15) is 0 Å². The highest BCUT2D eigenvalue weighted by atomic mass is 16.5. The van der Waals surface area contributed by atoms with Crippen LogP contribution in [0.2, 0.25) is 0 Å². The van der Waals surface area contributed by atoms with Crippen molar-refractivity contribution in [2.45, 2.75) is 25.8 Å². The Morgan fingerprint density at radius 1 is 1.15 bits per heavy atom. The van der Waals surface area contributed by atoms with Crippen LogP contribution in [0.4, 0.5) is 5.69 Å². The molecule has 2 N–H and O–H groups in total. The lowest BCUT2D eigenvalue weighted by Gasteiger charge is -2.36. The van der Waals surface area contributed by atoms with Gasteiger partial charge in [0, 0.05) is 37.9 Å². The summed E-state index contributed by atoms with van der Waals surface area (Å²) in [7, 11) is 1.70. The molecule has 1 fully saturated rings. The van der Waals surface area contributed by atoms with Gasteiger partial charge in [0.15, 0.2) is 0 Å². The van der Waals surface area contributed by atoms with Crippen molar-refractivity contribution >= 4 is 5.69 Å². The monoisotopic (exact) mass is 277 g/mol. The van der Waals surface area contributed by atoms with Crippen LogP contribution in [0.25, 0.3) is 0 Å². The number of piperazine rings is 1. The smallest absolute Gasteiger partial charge is 0.119 e. The summed E-state index contributed by atoms with van der Waals surface area (Å²) in [6, 6.07) is 8.68. The maximum absolute atomic E-state index is 5.79. The number of nitrogens with two attached hydrogens (primary N) is 1. The molecule has 0 spiro atoms. The highest BCUT2D eigenvalue weighted by molar-refractivity contribution is 5.49. The second-order valence-electron chi connectivity index (χ2n) is 5.65. The van der Waals surface area contributed by atoms with Crippen molar-refractivity contribution in [3.63, 3.8) is 0 Å². The molecule has 20 heavy (non-hydrogen) atoms. The van der Waals surface area contributed by atoms with Gasteiger partial charge in [-0.15, -0.1) is 0 Å². The van der Waals surface area contributed by atoms with Crippen LogP contribution in [0, 0.1) is 0 Å². The van der Waals surface area contributed by atoms with Gasteiger partial charge >= 0.3 is 0 Å². The average molecular weight is 277 g/mol. The van der Waals surface area contributed by atoms with E-state index in [0.717, 1.165) is 38.3 Å². The Kier molecular flexibility index (Phi) is 5.68. The molecule has 0 radical (unpaired) electrons. The lowest BCUT2D eigenvalue weighted by Crippen LogP contribution is -2.46. The number of hydrogen-bond acceptors (Lipinski definition) is 4. The van der Waals surface area contributed by atoms with Gasteiger partial charge in [-0.1, -0.05) is 0 Å². The van der Waals surface area contributed by atoms with Crippen molar-refractivity contribution in [1.29, 1.82) is 0 Å². The number of ether oxygens (including phenoxy) is 1. The van der Waals surface area contributed by atoms with Crippen molar-refractivity contribution in [2.75, 3.05) is 44.7 Å². The van der Waals surface area contributed by atoms with Gasteiger partial charge < -0.3 is 15.4 Å². The number of nitrogens with zero attached hydrogens (tertiary/aromatic N) is 2. The Hall–Kier alpha value is -1.26. The predicted molar refractivity (Wildman–Crippen MR) is 84.5 cm³/mol. The van der Waals surface area contributed by atoms with Crippen molar-refractivity contribution in [1.82, 2.24) is 4.90 Å². The van der Waals surface area contributed by atoms with Crippen LogP contribution < -0.4 is 15.4 Å². The van der Waals surface area contributed by atoms with Gasteiger partial charge in [-0.25, -0.2) is 0 Å². The lowest BCUT2D eigenvalue weighted by atomic mass is 10.2. The molecule has 2 rings (SSSR count). The number of anilines is 1. The Labute approximate surface area is 122 Å². The zero-order valence-electron chi connectivity index (χ0n) is 12.7. The second kappa shape index (κ2) is 7.50. The van der Waals surface area contributed by atoms with Crippen LogP contribution in [0.1, 0.15) is 19.8 Å². The van der Waals surface area contributed by atoms with Gasteiger partial charge in [-0.3, -0.25) is 4.90 Å². The molecule has 1 unspecified atom stereocenters. The van der Waals surface area contributed by atoms with Crippen LogP contribution in [-0.2, 0) is 0 Å². The highest BCUT2D eigenvalue weighted by Gasteiger charge is 2.16. The topological polar surface area (TPSA) is 41.7 Å². The third-order valence-corrected chi connectivity index (χ3v) is 3.94. The van der Waals surface area contributed by atoms with Gasteiger partial charge in [0.2, 0.25) is 0 Å². The van der Waals surface area contributed by atoms with Gasteiger partial charge in [0.05, 0.1) is 7.11 Å². The van der Waals surface area contributed by atoms with E-state index in [1.165, 1.54) is 18.7 Å². The molecule has 0 bridgehead atoms. The molecule has 112 valence electrons. The van der Waals surface area contributed by atoms with E-state index in [2.05, 4.69) is 28.9 Å². The Bertz CT molecular complexity index is 383. The van der Waals surface area contributed by atoms with Gasteiger partial charge in [0.25, 0.3) is 0 Å². The fourth-order valence-electron chi connectivity index (χ4n) is 2.66. The van der Waals surface area contributed by atoms with E-state index in [0.29, 0.717) is 6.04 Å². The number of rotatable bonds is 6. The first-order valence-electron chi connectivity index (χ1n) is 7.56. The second-order valence-corrected chi connectivity index (χ2v) is 5.65. The molecule has 1 aromatic rings. The number of benzene rings is 1. The molecule has 4 nitrogen and oxygen atoms in total. The van der Waals surface area contributed by atoms with Crippen molar-refractivity contribution < 1.29 is 4.74 Å². The molecule has 1 saturated heterocycles. The molecule has 4 heteroatoms. The maximum Gasteiger partial charge on any atom is 0.119 e. The molecule has 0 saturated carbocycles. The molecule has 1 heterocycles. The zero-order chi connectivity index (χ0) is 14.4. The summed E-state index contributed by atoms with van der Waals surface area (Å²) in [4.78, 5) is 4.99. The summed E-state index contributed by atoms with van der Waals surface area (Å²) in [5.74, 6) is 0.920. The minimum absolute atomic E-state index is 0.329. The molecular formula is C16H27N3O. The van der Waals surface area contributed by atoms with Crippen molar-refractivity contribution in [2.24, 2.45) is 5.73 Å².